The summed E-state index contributed by atoms with van der Waals surface area (Å²) in [6.07, 6.45) is 13.1. The van der Waals surface area contributed by atoms with Crippen LogP contribution in [0.1, 0.15) is 0 Å². The fourth-order valence-corrected chi connectivity index (χ4v) is 0.732. The number of allylic oxidation sites excluding steroid dienone is 2. The molecule has 1 heterocycles. The molecule has 0 bridgehead atoms. The van der Waals surface area contributed by atoms with E-state index in [1.807, 2.05) is 23.4 Å². The summed E-state index contributed by atoms with van der Waals surface area (Å²) < 4.78 is 0. The highest BCUT2D eigenvalue weighted by molar-refractivity contribution is 5.07. The number of hydrogen-bond donors (Lipinski definition) is 1. The zero-order chi connectivity index (χ0) is 7.23. The summed E-state index contributed by atoms with van der Waals surface area (Å²) in [5, 5.41) is 1.94. The van der Waals surface area contributed by atoms with Crippen molar-refractivity contribution in [2.75, 3.05) is 13.1 Å². The lowest BCUT2D eigenvalue weighted by molar-refractivity contribution is 0.314. The van der Waals surface area contributed by atoms with Crippen molar-refractivity contribution in [1.29, 1.82) is 0 Å². The van der Waals surface area contributed by atoms with Gasteiger partial charge in [0, 0.05) is 6.20 Å². The first-order valence-electron chi connectivity index (χ1n) is 3.20. The van der Waals surface area contributed by atoms with Gasteiger partial charge < -0.3 is 5.01 Å². The number of terminal acetylenes is 1. The van der Waals surface area contributed by atoms with E-state index in [1.165, 1.54) is 0 Å². The Bertz CT molecular complexity index is 186. The fraction of sp³-hybridized carbons (Fsp3) is 0.250. The van der Waals surface area contributed by atoms with Gasteiger partial charge in [-0.2, -0.15) is 0 Å². The van der Waals surface area contributed by atoms with Crippen LogP contribution in [0.3, 0.4) is 0 Å². The van der Waals surface area contributed by atoms with Crippen LogP contribution in [0.4, 0.5) is 0 Å². The molecule has 0 spiro atoms. The van der Waals surface area contributed by atoms with E-state index < -0.39 is 0 Å². The monoisotopic (exact) mass is 134 g/mol. The van der Waals surface area contributed by atoms with E-state index in [-0.39, 0.29) is 0 Å². The molecule has 2 heteroatoms. The van der Waals surface area contributed by atoms with E-state index in [2.05, 4.69) is 17.4 Å². The lowest BCUT2D eigenvalue weighted by Crippen LogP contribution is -2.34. The maximum Gasteiger partial charge on any atom is 0.0759 e. The predicted molar refractivity (Wildman–Crippen MR) is 41.8 cm³/mol. The highest BCUT2D eigenvalue weighted by Gasteiger charge is 1.94. The molecule has 52 valence electrons. The molecule has 0 aromatic carbocycles. The van der Waals surface area contributed by atoms with Gasteiger partial charge in [-0.3, -0.25) is 0 Å². The van der Waals surface area contributed by atoms with Crippen molar-refractivity contribution >= 4 is 0 Å². The third-order valence-corrected chi connectivity index (χ3v) is 1.20. The largest absolute Gasteiger partial charge is 0.311 e. The standard InChI is InChI=1S/C8H10N2/c1-2-6-9-10-7-4-3-5-8-10/h1,3-5,7,9H,6,8H2. The van der Waals surface area contributed by atoms with Crippen molar-refractivity contribution in [2.24, 2.45) is 0 Å². The quantitative estimate of drug-likeness (QED) is 0.553. The minimum atomic E-state index is 0.582. The molecule has 0 aliphatic carbocycles. The van der Waals surface area contributed by atoms with Crippen LogP contribution in [0, 0.1) is 12.3 Å². The van der Waals surface area contributed by atoms with Crippen LogP contribution in [0.15, 0.2) is 24.4 Å². The maximum absolute atomic E-state index is 5.06. The molecule has 0 aromatic rings. The van der Waals surface area contributed by atoms with Crippen LogP contribution in [0.2, 0.25) is 0 Å². The third-order valence-electron chi connectivity index (χ3n) is 1.20. The highest BCUT2D eigenvalue weighted by atomic mass is 15.5. The summed E-state index contributed by atoms with van der Waals surface area (Å²) in [5.74, 6) is 2.50. The predicted octanol–water partition coefficient (Wildman–Crippen LogP) is 0.510. The minimum Gasteiger partial charge on any atom is -0.311 e. The van der Waals surface area contributed by atoms with Crippen LogP contribution in [-0.2, 0) is 0 Å². The van der Waals surface area contributed by atoms with Gasteiger partial charge in [0.1, 0.15) is 0 Å². The first-order valence-corrected chi connectivity index (χ1v) is 3.20. The van der Waals surface area contributed by atoms with Crippen molar-refractivity contribution in [3.8, 4) is 12.3 Å². The van der Waals surface area contributed by atoms with Gasteiger partial charge in [0.2, 0.25) is 0 Å². The van der Waals surface area contributed by atoms with Crippen molar-refractivity contribution in [1.82, 2.24) is 10.4 Å². The second-order valence-electron chi connectivity index (χ2n) is 1.96. The number of hydrazine groups is 1. The Labute approximate surface area is 61.2 Å². The molecule has 1 rings (SSSR count). The Hall–Kier alpha value is -1.20. The smallest absolute Gasteiger partial charge is 0.0759 e. The van der Waals surface area contributed by atoms with Crippen LogP contribution in [0.25, 0.3) is 0 Å². The Kier molecular flexibility index (Phi) is 2.60. The Morgan fingerprint density at radius 1 is 1.60 bits per heavy atom. The van der Waals surface area contributed by atoms with E-state index in [0.29, 0.717) is 6.54 Å². The van der Waals surface area contributed by atoms with E-state index in [9.17, 15) is 0 Å². The Morgan fingerprint density at radius 2 is 2.50 bits per heavy atom. The van der Waals surface area contributed by atoms with Crippen LogP contribution >= 0.6 is 0 Å². The van der Waals surface area contributed by atoms with E-state index >= 15 is 0 Å². The molecule has 0 unspecified atom stereocenters. The molecule has 0 amide bonds. The summed E-state index contributed by atoms with van der Waals surface area (Å²) in [6.45, 7) is 1.47. The van der Waals surface area contributed by atoms with Gasteiger partial charge >= 0.3 is 0 Å². The Morgan fingerprint density at radius 3 is 3.10 bits per heavy atom. The molecule has 0 aromatic heterocycles. The average Bonchev–Trinajstić information content (AvgIpc) is 2.03. The summed E-state index contributed by atoms with van der Waals surface area (Å²) in [6, 6.07) is 0. The molecule has 0 radical (unpaired) electrons. The summed E-state index contributed by atoms with van der Waals surface area (Å²) in [4.78, 5) is 0. The molecule has 1 N–H and O–H groups in total. The topological polar surface area (TPSA) is 15.3 Å². The van der Waals surface area contributed by atoms with Crippen LogP contribution in [0.5, 0.6) is 0 Å². The van der Waals surface area contributed by atoms with Gasteiger partial charge in [-0.25, -0.2) is 5.43 Å². The molecule has 2 nitrogen and oxygen atoms in total. The third kappa shape index (κ3) is 1.96. The second-order valence-corrected chi connectivity index (χ2v) is 1.96. The van der Waals surface area contributed by atoms with E-state index in [4.69, 9.17) is 6.42 Å². The first kappa shape index (κ1) is 6.91. The van der Waals surface area contributed by atoms with Crippen molar-refractivity contribution in [2.45, 2.75) is 0 Å². The van der Waals surface area contributed by atoms with E-state index in [0.717, 1.165) is 6.54 Å². The average molecular weight is 134 g/mol. The second kappa shape index (κ2) is 3.76. The van der Waals surface area contributed by atoms with Crippen molar-refractivity contribution < 1.29 is 0 Å². The zero-order valence-electron chi connectivity index (χ0n) is 5.75. The zero-order valence-corrected chi connectivity index (χ0v) is 5.75. The molecule has 1 aliphatic rings. The highest BCUT2D eigenvalue weighted by Crippen LogP contribution is 1.92. The number of hydrogen-bond acceptors (Lipinski definition) is 2. The SMILES string of the molecule is C#CCNN1C=CC=CC1. The fourth-order valence-electron chi connectivity index (χ4n) is 0.732. The van der Waals surface area contributed by atoms with Gasteiger partial charge in [0.25, 0.3) is 0 Å². The van der Waals surface area contributed by atoms with Gasteiger partial charge in [-0.05, 0) is 6.08 Å². The van der Waals surface area contributed by atoms with Crippen LogP contribution in [-0.4, -0.2) is 18.1 Å². The lowest BCUT2D eigenvalue weighted by atomic mass is 10.4. The lowest BCUT2D eigenvalue weighted by Gasteiger charge is -2.19. The molecular weight excluding hydrogens is 124 g/mol. The molecular formula is C8H10N2. The van der Waals surface area contributed by atoms with Crippen molar-refractivity contribution in [3.05, 3.63) is 24.4 Å². The van der Waals surface area contributed by atoms with E-state index in [1.54, 1.807) is 0 Å². The molecule has 0 saturated carbocycles. The molecule has 10 heavy (non-hydrogen) atoms. The van der Waals surface area contributed by atoms with Gasteiger partial charge in [-0.1, -0.05) is 18.1 Å². The summed E-state index contributed by atoms with van der Waals surface area (Å²) >= 11 is 0. The Balaban J connectivity index is 2.25. The number of nitrogens with zero attached hydrogens (tertiary/aromatic N) is 1. The first-order chi connectivity index (χ1) is 4.93. The van der Waals surface area contributed by atoms with Gasteiger partial charge in [0.15, 0.2) is 0 Å². The van der Waals surface area contributed by atoms with Gasteiger partial charge in [0.05, 0.1) is 13.1 Å². The minimum absolute atomic E-state index is 0.582. The molecule has 1 aliphatic heterocycles. The maximum atomic E-state index is 5.06. The molecule has 0 atom stereocenters. The molecule has 0 fully saturated rings. The normalized spacial score (nSPS) is 15.3. The number of rotatable bonds is 2. The van der Waals surface area contributed by atoms with Crippen LogP contribution < -0.4 is 5.43 Å². The van der Waals surface area contributed by atoms with Crippen molar-refractivity contribution in [3.63, 3.8) is 0 Å². The van der Waals surface area contributed by atoms with Gasteiger partial charge in [-0.15, -0.1) is 6.42 Å². The summed E-state index contributed by atoms with van der Waals surface area (Å²) in [7, 11) is 0. The molecule has 0 saturated heterocycles. The summed E-state index contributed by atoms with van der Waals surface area (Å²) in [5.41, 5.74) is 3.03. The number of nitrogens with one attached hydrogen (secondary N) is 1.